The Kier molecular flexibility index (Phi) is 3.66. The molecule has 112 valence electrons. The molecule has 2 aromatic carbocycles. The van der Waals surface area contributed by atoms with Gasteiger partial charge in [-0.05, 0) is 42.0 Å². The van der Waals surface area contributed by atoms with Gasteiger partial charge in [-0.15, -0.1) is 0 Å². The Hall–Kier alpha value is -2.27. The van der Waals surface area contributed by atoms with Crippen molar-refractivity contribution in [1.82, 2.24) is 0 Å². The van der Waals surface area contributed by atoms with E-state index in [4.69, 9.17) is 4.74 Å². The zero-order chi connectivity index (χ0) is 15.9. The van der Waals surface area contributed by atoms with Gasteiger partial charge >= 0.3 is 0 Å². The molecule has 0 fully saturated rings. The zero-order valence-electron chi connectivity index (χ0n) is 12.1. The molecule has 0 bridgehead atoms. The van der Waals surface area contributed by atoms with Crippen LogP contribution in [0, 0.1) is 0 Å². The highest BCUT2D eigenvalue weighted by molar-refractivity contribution is 9.10. The monoisotopic (exact) mass is 359 g/mol. The SMILES string of the molecule is COc1ccc(/C=C2/C(=O)N(C)c3ccc(Br)cc32)cc1O. The molecular weight excluding hydrogens is 346 g/mol. The van der Waals surface area contributed by atoms with E-state index in [-0.39, 0.29) is 11.7 Å². The van der Waals surface area contributed by atoms with Crippen LogP contribution in [0.3, 0.4) is 0 Å². The van der Waals surface area contributed by atoms with Gasteiger partial charge in [0.05, 0.1) is 12.8 Å². The topological polar surface area (TPSA) is 49.8 Å². The second-order valence-electron chi connectivity index (χ2n) is 5.01. The summed E-state index contributed by atoms with van der Waals surface area (Å²) in [4.78, 5) is 14.1. The molecule has 1 N–H and O–H groups in total. The molecule has 22 heavy (non-hydrogen) atoms. The van der Waals surface area contributed by atoms with Crippen LogP contribution in [0.5, 0.6) is 11.5 Å². The van der Waals surface area contributed by atoms with Crippen LogP contribution in [0.4, 0.5) is 5.69 Å². The lowest BCUT2D eigenvalue weighted by Gasteiger charge is -2.08. The number of hydrogen-bond acceptors (Lipinski definition) is 3. The maximum atomic E-state index is 12.4. The summed E-state index contributed by atoms with van der Waals surface area (Å²) in [6, 6.07) is 10.8. The summed E-state index contributed by atoms with van der Waals surface area (Å²) in [7, 11) is 3.25. The smallest absolute Gasteiger partial charge is 0.258 e. The number of amides is 1. The first-order valence-electron chi connectivity index (χ1n) is 6.68. The summed E-state index contributed by atoms with van der Waals surface area (Å²) in [6.45, 7) is 0. The largest absolute Gasteiger partial charge is 0.504 e. The Morgan fingerprint density at radius 3 is 2.68 bits per heavy atom. The molecule has 0 atom stereocenters. The number of halogens is 1. The number of carbonyl (C=O) groups excluding carboxylic acids is 1. The van der Waals surface area contributed by atoms with Crippen molar-refractivity contribution >= 4 is 39.2 Å². The number of phenolic OH excluding ortho intramolecular Hbond substituents is 1. The molecule has 1 amide bonds. The first-order chi connectivity index (χ1) is 10.5. The first kappa shape index (κ1) is 14.7. The van der Waals surface area contributed by atoms with Crippen LogP contribution < -0.4 is 9.64 Å². The Morgan fingerprint density at radius 2 is 2.00 bits per heavy atom. The summed E-state index contributed by atoms with van der Waals surface area (Å²) >= 11 is 3.43. The number of fused-ring (bicyclic) bond motifs is 1. The van der Waals surface area contributed by atoms with E-state index in [9.17, 15) is 9.90 Å². The molecule has 0 saturated heterocycles. The Bertz CT molecular complexity index is 798. The van der Waals surface area contributed by atoms with Crippen LogP contribution in [-0.2, 0) is 4.79 Å². The third-order valence-electron chi connectivity index (χ3n) is 3.66. The van der Waals surface area contributed by atoms with Gasteiger partial charge in [-0.1, -0.05) is 22.0 Å². The summed E-state index contributed by atoms with van der Waals surface area (Å²) in [6.07, 6.45) is 1.77. The summed E-state index contributed by atoms with van der Waals surface area (Å²) < 4.78 is 5.94. The van der Waals surface area contributed by atoms with Gasteiger partial charge in [0.15, 0.2) is 11.5 Å². The highest BCUT2D eigenvalue weighted by Crippen LogP contribution is 2.39. The van der Waals surface area contributed by atoms with Crippen molar-refractivity contribution in [3.8, 4) is 11.5 Å². The molecule has 0 saturated carbocycles. The minimum absolute atomic E-state index is 0.0464. The maximum Gasteiger partial charge on any atom is 0.258 e. The summed E-state index contributed by atoms with van der Waals surface area (Å²) in [5.74, 6) is 0.383. The molecule has 1 aliphatic heterocycles. The fraction of sp³-hybridized carbons (Fsp3) is 0.118. The fourth-order valence-electron chi connectivity index (χ4n) is 2.52. The maximum absolute atomic E-state index is 12.4. The second kappa shape index (κ2) is 5.50. The average Bonchev–Trinajstić information content (AvgIpc) is 2.72. The van der Waals surface area contributed by atoms with Gasteiger partial charge in [-0.25, -0.2) is 0 Å². The molecule has 2 aromatic rings. The van der Waals surface area contributed by atoms with Gasteiger partial charge in [0.2, 0.25) is 0 Å². The number of hydrogen-bond donors (Lipinski definition) is 1. The Balaban J connectivity index is 2.10. The van der Waals surface area contributed by atoms with Gasteiger partial charge in [-0.2, -0.15) is 0 Å². The molecule has 1 aliphatic rings. The van der Waals surface area contributed by atoms with Crippen molar-refractivity contribution in [2.75, 3.05) is 19.1 Å². The summed E-state index contributed by atoms with van der Waals surface area (Å²) in [5, 5.41) is 9.87. The molecule has 5 heteroatoms. The van der Waals surface area contributed by atoms with E-state index >= 15 is 0 Å². The van der Waals surface area contributed by atoms with Crippen molar-refractivity contribution in [3.63, 3.8) is 0 Å². The van der Waals surface area contributed by atoms with Crippen LogP contribution in [0.15, 0.2) is 40.9 Å². The molecule has 0 aromatic heterocycles. The first-order valence-corrected chi connectivity index (χ1v) is 7.47. The summed E-state index contributed by atoms with van der Waals surface area (Å²) in [5.41, 5.74) is 3.08. The quantitative estimate of drug-likeness (QED) is 0.832. The number of phenols is 1. The minimum atomic E-state index is -0.0663. The number of methoxy groups -OCH3 is 1. The number of carbonyl (C=O) groups is 1. The van der Waals surface area contributed by atoms with Gasteiger partial charge in [0.1, 0.15) is 0 Å². The minimum Gasteiger partial charge on any atom is -0.504 e. The Morgan fingerprint density at radius 1 is 1.23 bits per heavy atom. The molecule has 0 unspecified atom stereocenters. The number of rotatable bonds is 2. The predicted octanol–water partition coefficient (Wildman–Crippen LogP) is 3.68. The number of benzene rings is 2. The number of aromatic hydroxyl groups is 1. The van der Waals surface area contributed by atoms with Gasteiger partial charge < -0.3 is 14.7 Å². The van der Waals surface area contributed by atoms with E-state index in [1.54, 1.807) is 36.2 Å². The Labute approximate surface area is 136 Å². The van der Waals surface area contributed by atoms with Crippen molar-refractivity contribution in [2.24, 2.45) is 0 Å². The third-order valence-corrected chi connectivity index (χ3v) is 4.15. The van der Waals surface area contributed by atoms with E-state index in [0.717, 1.165) is 21.3 Å². The normalized spacial score (nSPS) is 15.3. The number of nitrogens with zero attached hydrogens (tertiary/aromatic N) is 1. The third kappa shape index (κ3) is 2.37. The molecular formula is C17H14BrNO3. The van der Waals surface area contributed by atoms with Gasteiger partial charge in [0, 0.05) is 22.7 Å². The highest BCUT2D eigenvalue weighted by atomic mass is 79.9. The van der Waals surface area contributed by atoms with Crippen molar-refractivity contribution < 1.29 is 14.6 Å². The van der Waals surface area contributed by atoms with Crippen LogP contribution in [0.1, 0.15) is 11.1 Å². The fourth-order valence-corrected chi connectivity index (χ4v) is 2.89. The van der Waals surface area contributed by atoms with Crippen LogP contribution >= 0.6 is 15.9 Å². The number of ether oxygens (including phenoxy) is 1. The lowest BCUT2D eigenvalue weighted by molar-refractivity contribution is -0.112. The molecule has 4 nitrogen and oxygen atoms in total. The molecule has 0 spiro atoms. The highest BCUT2D eigenvalue weighted by Gasteiger charge is 2.29. The van der Waals surface area contributed by atoms with E-state index in [2.05, 4.69) is 15.9 Å². The standard InChI is InChI=1S/C17H14BrNO3/c1-19-14-5-4-11(18)9-12(14)13(17(19)21)7-10-3-6-16(22-2)15(20)8-10/h3-9,20H,1-2H3/b13-7+. The van der Waals surface area contributed by atoms with Crippen LogP contribution in [-0.4, -0.2) is 25.2 Å². The van der Waals surface area contributed by atoms with Crippen molar-refractivity contribution in [2.45, 2.75) is 0 Å². The average molecular weight is 360 g/mol. The van der Waals surface area contributed by atoms with E-state index in [0.29, 0.717) is 11.3 Å². The van der Waals surface area contributed by atoms with Crippen LogP contribution in [0.2, 0.25) is 0 Å². The van der Waals surface area contributed by atoms with Crippen molar-refractivity contribution in [1.29, 1.82) is 0 Å². The predicted molar refractivity (Wildman–Crippen MR) is 90.1 cm³/mol. The van der Waals surface area contributed by atoms with Crippen molar-refractivity contribution in [3.05, 3.63) is 52.0 Å². The van der Waals surface area contributed by atoms with Gasteiger partial charge in [0.25, 0.3) is 5.91 Å². The molecule has 3 rings (SSSR count). The van der Waals surface area contributed by atoms with Crippen LogP contribution in [0.25, 0.3) is 11.6 Å². The molecule has 0 radical (unpaired) electrons. The van der Waals surface area contributed by atoms with Gasteiger partial charge in [-0.3, -0.25) is 4.79 Å². The lowest BCUT2D eigenvalue weighted by Crippen LogP contribution is -2.20. The lowest BCUT2D eigenvalue weighted by atomic mass is 10.0. The number of likely N-dealkylation sites (N-methyl/N-ethyl adjacent to an activating group) is 1. The van der Waals surface area contributed by atoms with E-state index < -0.39 is 0 Å². The van der Waals surface area contributed by atoms with E-state index in [1.807, 2.05) is 18.2 Å². The number of anilines is 1. The molecule has 1 heterocycles. The zero-order valence-corrected chi connectivity index (χ0v) is 13.7. The molecule has 0 aliphatic carbocycles. The van der Waals surface area contributed by atoms with E-state index in [1.165, 1.54) is 7.11 Å². The second-order valence-corrected chi connectivity index (χ2v) is 5.93.